The number of halogens is 1. The fourth-order valence-electron chi connectivity index (χ4n) is 2.56. The molecule has 1 fully saturated rings. The summed E-state index contributed by atoms with van der Waals surface area (Å²) in [6.45, 7) is 1.96. The smallest absolute Gasteiger partial charge is 0.244 e. The van der Waals surface area contributed by atoms with Crippen molar-refractivity contribution >= 4 is 17.5 Å². The summed E-state index contributed by atoms with van der Waals surface area (Å²) in [6.07, 6.45) is 5.03. The summed E-state index contributed by atoms with van der Waals surface area (Å²) >= 11 is 5.92. The highest BCUT2D eigenvalue weighted by Crippen LogP contribution is 2.24. The molecule has 1 heterocycles. The highest BCUT2D eigenvalue weighted by atomic mass is 35.5. The molecule has 1 amide bonds. The lowest BCUT2D eigenvalue weighted by molar-refractivity contribution is -0.118. The largest absolute Gasteiger partial charge is 0.379 e. The molecule has 1 aliphatic heterocycles. The number of rotatable bonds is 6. The van der Waals surface area contributed by atoms with Crippen LogP contribution in [0.3, 0.4) is 0 Å². The zero-order valence-corrected chi connectivity index (χ0v) is 13.9. The number of hydrogen-bond donors (Lipinski definition) is 1. The number of nitrogens with zero attached hydrogens (tertiary/aromatic N) is 1. The molecule has 2 rings (SSSR count). The lowest BCUT2D eigenvalue weighted by atomic mass is 9.90. The average Bonchev–Trinajstić information content (AvgIpc) is 2.89. The van der Waals surface area contributed by atoms with Gasteiger partial charge in [0.2, 0.25) is 5.91 Å². The van der Waals surface area contributed by atoms with E-state index >= 15 is 0 Å². The molecule has 0 aromatic heterocycles. The SMILES string of the molecule is CN(C)C/C=C/C(=O)NC1(Cc2ccc(Cl)cc2)CCOC1. The summed E-state index contributed by atoms with van der Waals surface area (Å²) < 4.78 is 5.53. The molecule has 0 radical (unpaired) electrons. The maximum Gasteiger partial charge on any atom is 0.244 e. The van der Waals surface area contributed by atoms with Gasteiger partial charge in [0.05, 0.1) is 12.1 Å². The van der Waals surface area contributed by atoms with Crippen molar-refractivity contribution in [2.24, 2.45) is 0 Å². The van der Waals surface area contributed by atoms with E-state index in [1.54, 1.807) is 6.08 Å². The van der Waals surface area contributed by atoms with Crippen LogP contribution in [-0.2, 0) is 16.0 Å². The number of nitrogens with one attached hydrogen (secondary N) is 1. The fraction of sp³-hybridized carbons (Fsp3) is 0.471. The Bertz CT molecular complexity index is 520. The van der Waals surface area contributed by atoms with Gasteiger partial charge in [0.1, 0.15) is 0 Å². The van der Waals surface area contributed by atoms with Gasteiger partial charge in [-0.2, -0.15) is 0 Å². The van der Waals surface area contributed by atoms with Crippen molar-refractivity contribution in [1.82, 2.24) is 10.2 Å². The minimum absolute atomic E-state index is 0.0682. The molecular weight excluding hydrogens is 300 g/mol. The van der Waals surface area contributed by atoms with E-state index in [0.717, 1.165) is 30.0 Å². The first kappa shape index (κ1) is 17.0. The van der Waals surface area contributed by atoms with Gasteiger partial charge in [0.15, 0.2) is 0 Å². The summed E-state index contributed by atoms with van der Waals surface area (Å²) in [5, 5.41) is 3.85. The lowest BCUT2D eigenvalue weighted by Crippen LogP contribution is -2.50. The predicted molar refractivity (Wildman–Crippen MR) is 89.2 cm³/mol. The minimum atomic E-state index is -0.326. The third-order valence-corrected chi connectivity index (χ3v) is 3.94. The Kier molecular flexibility index (Phi) is 6.00. The molecule has 22 heavy (non-hydrogen) atoms. The van der Waals surface area contributed by atoms with E-state index in [2.05, 4.69) is 5.32 Å². The molecule has 1 N–H and O–H groups in total. The Morgan fingerprint density at radius 3 is 2.73 bits per heavy atom. The van der Waals surface area contributed by atoms with Gasteiger partial charge in [-0.1, -0.05) is 29.8 Å². The molecule has 1 aromatic rings. The van der Waals surface area contributed by atoms with Crippen molar-refractivity contribution in [1.29, 1.82) is 0 Å². The number of carbonyl (C=O) groups is 1. The van der Waals surface area contributed by atoms with Gasteiger partial charge >= 0.3 is 0 Å². The van der Waals surface area contributed by atoms with Gasteiger partial charge in [0, 0.05) is 24.3 Å². The van der Waals surface area contributed by atoms with Crippen LogP contribution in [0.15, 0.2) is 36.4 Å². The highest BCUT2D eigenvalue weighted by Gasteiger charge is 2.36. The summed E-state index contributed by atoms with van der Waals surface area (Å²) in [4.78, 5) is 14.1. The normalized spacial score (nSPS) is 21.6. The number of benzene rings is 1. The first-order valence-corrected chi connectivity index (χ1v) is 7.82. The van der Waals surface area contributed by atoms with Crippen molar-refractivity contribution in [2.75, 3.05) is 33.9 Å². The second-order valence-corrected chi connectivity index (χ2v) is 6.48. The van der Waals surface area contributed by atoms with Crippen molar-refractivity contribution in [2.45, 2.75) is 18.4 Å². The Morgan fingerprint density at radius 1 is 1.41 bits per heavy atom. The van der Waals surface area contributed by atoms with Gasteiger partial charge in [-0.15, -0.1) is 0 Å². The minimum Gasteiger partial charge on any atom is -0.379 e. The third-order valence-electron chi connectivity index (χ3n) is 3.69. The second-order valence-electron chi connectivity index (χ2n) is 6.04. The molecule has 5 heteroatoms. The van der Waals surface area contributed by atoms with E-state index in [-0.39, 0.29) is 11.4 Å². The molecule has 0 aliphatic carbocycles. The van der Waals surface area contributed by atoms with Crippen LogP contribution in [0.25, 0.3) is 0 Å². The van der Waals surface area contributed by atoms with E-state index in [4.69, 9.17) is 16.3 Å². The van der Waals surface area contributed by atoms with Gasteiger partial charge < -0.3 is 15.0 Å². The van der Waals surface area contributed by atoms with E-state index in [9.17, 15) is 4.79 Å². The molecule has 1 aromatic carbocycles. The fourth-order valence-corrected chi connectivity index (χ4v) is 2.68. The van der Waals surface area contributed by atoms with Crippen molar-refractivity contribution in [3.63, 3.8) is 0 Å². The van der Waals surface area contributed by atoms with Gasteiger partial charge in [-0.25, -0.2) is 0 Å². The number of ether oxygens (including phenoxy) is 1. The van der Waals surface area contributed by atoms with Gasteiger partial charge in [0.25, 0.3) is 0 Å². The lowest BCUT2D eigenvalue weighted by Gasteiger charge is -2.28. The Morgan fingerprint density at radius 2 is 2.14 bits per heavy atom. The van der Waals surface area contributed by atoms with Gasteiger partial charge in [-0.3, -0.25) is 4.79 Å². The van der Waals surface area contributed by atoms with Crippen LogP contribution in [0, 0.1) is 0 Å². The zero-order chi connectivity index (χ0) is 16.0. The van der Waals surface area contributed by atoms with E-state index < -0.39 is 0 Å². The topological polar surface area (TPSA) is 41.6 Å². The monoisotopic (exact) mass is 322 g/mol. The Balaban J connectivity index is 2.00. The van der Waals surface area contributed by atoms with Crippen LogP contribution in [0.1, 0.15) is 12.0 Å². The maximum absolute atomic E-state index is 12.1. The van der Waals surface area contributed by atoms with Crippen molar-refractivity contribution < 1.29 is 9.53 Å². The zero-order valence-electron chi connectivity index (χ0n) is 13.1. The van der Waals surface area contributed by atoms with E-state index in [1.165, 1.54) is 0 Å². The van der Waals surface area contributed by atoms with Crippen molar-refractivity contribution in [3.05, 3.63) is 47.0 Å². The standard InChI is InChI=1S/C17H23ClN2O2/c1-20(2)10-3-4-16(21)19-17(9-11-22-13-17)12-14-5-7-15(18)8-6-14/h3-8H,9-13H2,1-2H3,(H,19,21)/b4-3+. The first-order valence-electron chi connectivity index (χ1n) is 7.45. The van der Waals surface area contributed by atoms with Crippen LogP contribution < -0.4 is 5.32 Å². The van der Waals surface area contributed by atoms with Crippen LogP contribution in [0.5, 0.6) is 0 Å². The number of hydrogen-bond acceptors (Lipinski definition) is 3. The Hall–Kier alpha value is -1.36. The molecule has 1 aliphatic rings. The first-order chi connectivity index (χ1) is 10.5. The number of likely N-dealkylation sites (N-methyl/N-ethyl adjacent to an activating group) is 1. The van der Waals surface area contributed by atoms with Gasteiger partial charge in [-0.05, 0) is 44.6 Å². The molecule has 4 nitrogen and oxygen atoms in total. The molecule has 1 unspecified atom stereocenters. The molecule has 0 saturated carbocycles. The van der Waals surface area contributed by atoms with Crippen LogP contribution in [0.4, 0.5) is 0 Å². The molecule has 1 atom stereocenters. The summed E-state index contributed by atoms with van der Waals surface area (Å²) in [5.41, 5.74) is 0.820. The molecule has 0 bridgehead atoms. The summed E-state index contributed by atoms with van der Waals surface area (Å²) in [5.74, 6) is -0.0682. The third kappa shape index (κ3) is 5.13. The maximum atomic E-state index is 12.1. The number of carbonyl (C=O) groups excluding carboxylic acids is 1. The average molecular weight is 323 g/mol. The summed E-state index contributed by atoms with van der Waals surface area (Å²) in [6, 6.07) is 7.74. The second kappa shape index (κ2) is 7.77. The number of amides is 1. The summed E-state index contributed by atoms with van der Waals surface area (Å²) in [7, 11) is 3.93. The highest BCUT2D eigenvalue weighted by molar-refractivity contribution is 6.30. The molecular formula is C17H23ClN2O2. The van der Waals surface area contributed by atoms with E-state index in [0.29, 0.717) is 13.2 Å². The molecule has 1 saturated heterocycles. The van der Waals surface area contributed by atoms with Crippen molar-refractivity contribution in [3.8, 4) is 0 Å². The molecule has 120 valence electrons. The predicted octanol–water partition coefficient (Wildman–Crippen LogP) is 2.28. The van der Waals surface area contributed by atoms with Crippen LogP contribution in [-0.4, -0.2) is 50.2 Å². The van der Waals surface area contributed by atoms with E-state index in [1.807, 2.05) is 49.3 Å². The van der Waals surface area contributed by atoms with Crippen LogP contribution >= 0.6 is 11.6 Å². The quantitative estimate of drug-likeness (QED) is 0.817. The molecule has 0 spiro atoms. The van der Waals surface area contributed by atoms with Crippen LogP contribution in [0.2, 0.25) is 5.02 Å². The Labute approximate surface area is 137 Å².